The van der Waals surface area contributed by atoms with Gasteiger partial charge in [0.05, 0.1) is 0 Å². The molecule has 0 bridgehead atoms. The Kier molecular flexibility index (Phi) is 7.13. The lowest BCUT2D eigenvalue weighted by atomic mass is 9.87. The molecule has 0 aromatic heterocycles. The number of hydrogen-bond donors (Lipinski definition) is 1. The molecule has 0 aromatic rings. The molecule has 2 nitrogen and oxygen atoms in total. The van der Waals surface area contributed by atoms with Crippen LogP contribution in [0.5, 0.6) is 0 Å². The van der Waals surface area contributed by atoms with Crippen molar-refractivity contribution in [1.82, 2.24) is 5.32 Å². The van der Waals surface area contributed by atoms with E-state index in [4.69, 9.17) is 4.99 Å². The van der Waals surface area contributed by atoms with Crippen molar-refractivity contribution in [1.29, 1.82) is 0 Å². The van der Waals surface area contributed by atoms with E-state index in [2.05, 4.69) is 33.0 Å². The molecule has 0 aliphatic carbocycles. The van der Waals surface area contributed by atoms with Crippen LogP contribution >= 0.6 is 11.8 Å². The summed E-state index contributed by atoms with van der Waals surface area (Å²) >= 11 is 1.89. The molecule has 1 saturated heterocycles. The molecule has 106 valence electrons. The Morgan fingerprint density at radius 2 is 2.11 bits per heavy atom. The summed E-state index contributed by atoms with van der Waals surface area (Å²) in [6.07, 6.45) is 7.77. The van der Waals surface area contributed by atoms with Crippen molar-refractivity contribution < 1.29 is 0 Å². The average Bonchev–Trinajstić information content (AvgIpc) is 2.37. The normalized spacial score (nSPS) is 23.1. The highest BCUT2D eigenvalue weighted by atomic mass is 32.2. The number of thioether (sulfide) groups is 1. The predicted molar refractivity (Wildman–Crippen MR) is 84.5 cm³/mol. The first kappa shape index (κ1) is 15.9. The van der Waals surface area contributed by atoms with Crippen molar-refractivity contribution in [2.45, 2.75) is 72.3 Å². The second-order valence-corrected chi connectivity index (χ2v) is 7.21. The first-order chi connectivity index (χ1) is 8.57. The van der Waals surface area contributed by atoms with Crippen molar-refractivity contribution in [3.05, 3.63) is 0 Å². The van der Waals surface area contributed by atoms with Gasteiger partial charge in [-0.15, -0.1) is 0 Å². The minimum Gasteiger partial charge on any atom is -0.362 e. The van der Waals surface area contributed by atoms with Crippen molar-refractivity contribution in [3.63, 3.8) is 0 Å². The van der Waals surface area contributed by atoms with Crippen LogP contribution in [0, 0.1) is 5.41 Å². The Morgan fingerprint density at radius 3 is 2.78 bits per heavy atom. The summed E-state index contributed by atoms with van der Waals surface area (Å²) in [6.45, 7) is 10.2. The van der Waals surface area contributed by atoms with Gasteiger partial charge in [0.2, 0.25) is 0 Å². The summed E-state index contributed by atoms with van der Waals surface area (Å²) in [5.74, 6) is 1.22. The highest BCUT2D eigenvalue weighted by Crippen LogP contribution is 2.25. The van der Waals surface area contributed by atoms with Crippen LogP contribution in [0.25, 0.3) is 0 Å². The van der Waals surface area contributed by atoms with E-state index in [1.54, 1.807) is 0 Å². The van der Waals surface area contributed by atoms with E-state index in [1.807, 2.05) is 11.8 Å². The zero-order valence-corrected chi connectivity index (χ0v) is 13.4. The maximum absolute atomic E-state index is 4.80. The molecular weight excluding hydrogens is 240 g/mol. The zero-order chi connectivity index (χ0) is 13.4. The highest BCUT2D eigenvalue weighted by molar-refractivity contribution is 8.13. The van der Waals surface area contributed by atoms with Gasteiger partial charge in [-0.1, -0.05) is 58.7 Å². The Bertz CT molecular complexity index is 261. The fraction of sp³-hybridized carbons (Fsp3) is 0.933. The number of hydrogen-bond acceptors (Lipinski definition) is 2. The minimum absolute atomic E-state index is 0.351. The van der Waals surface area contributed by atoms with Gasteiger partial charge in [-0.05, 0) is 24.7 Å². The minimum atomic E-state index is 0.351. The smallest absolute Gasteiger partial charge is 0.156 e. The number of nitrogens with zero attached hydrogens (tertiary/aromatic N) is 1. The molecule has 1 unspecified atom stereocenters. The largest absolute Gasteiger partial charge is 0.362 e. The summed E-state index contributed by atoms with van der Waals surface area (Å²) in [4.78, 5) is 4.80. The molecule has 1 heterocycles. The van der Waals surface area contributed by atoms with Crippen molar-refractivity contribution in [2.75, 3.05) is 12.3 Å². The zero-order valence-electron chi connectivity index (χ0n) is 12.6. The van der Waals surface area contributed by atoms with E-state index >= 15 is 0 Å². The fourth-order valence-corrected chi connectivity index (χ4v) is 3.20. The molecule has 0 aromatic carbocycles. The molecule has 1 aliphatic rings. The van der Waals surface area contributed by atoms with Crippen molar-refractivity contribution >= 4 is 16.9 Å². The van der Waals surface area contributed by atoms with Gasteiger partial charge in [0.1, 0.15) is 0 Å². The van der Waals surface area contributed by atoms with Gasteiger partial charge in [-0.2, -0.15) is 0 Å². The van der Waals surface area contributed by atoms with Gasteiger partial charge in [-0.25, -0.2) is 0 Å². The maximum Gasteiger partial charge on any atom is 0.156 e. The van der Waals surface area contributed by atoms with Crippen LogP contribution in [0.2, 0.25) is 0 Å². The van der Waals surface area contributed by atoms with Gasteiger partial charge in [0.15, 0.2) is 5.17 Å². The SMILES string of the molecule is CCCCCC(C)(C)CN=C1NC(CC)CCS1. The van der Waals surface area contributed by atoms with Crippen LogP contribution in [0.1, 0.15) is 66.2 Å². The van der Waals surface area contributed by atoms with Gasteiger partial charge < -0.3 is 5.32 Å². The third-order valence-corrected chi connectivity index (χ3v) is 4.59. The van der Waals surface area contributed by atoms with E-state index in [0.717, 1.165) is 6.54 Å². The molecular formula is C15H30N2S. The topological polar surface area (TPSA) is 24.4 Å². The quantitative estimate of drug-likeness (QED) is 0.691. The van der Waals surface area contributed by atoms with E-state index in [9.17, 15) is 0 Å². The number of unbranched alkanes of at least 4 members (excludes halogenated alkanes) is 2. The maximum atomic E-state index is 4.80. The van der Waals surface area contributed by atoms with E-state index in [1.165, 1.54) is 49.4 Å². The molecule has 18 heavy (non-hydrogen) atoms. The molecule has 0 spiro atoms. The Hall–Kier alpha value is -0.180. The van der Waals surface area contributed by atoms with Crippen molar-refractivity contribution in [3.8, 4) is 0 Å². The molecule has 0 radical (unpaired) electrons. The van der Waals surface area contributed by atoms with Crippen LogP contribution in [0.3, 0.4) is 0 Å². The second-order valence-electron chi connectivity index (χ2n) is 6.13. The summed E-state index contributed by atoms with van der Waals surface area (Å²) in [6, 6.07) is 0.646. The first-order valence-electron chi connectivity index (χ1n) is 7.51. The molecule has 1 N–H and O–H groups in total. The Balaban J connectivity index is 2.36. The van der Waals surface area contributed by atoms with Crippen LogP contribution in [-0.2, 0) is 0 Å². The lowest BCUT2D eigenvalue weighted by Crippen LogP contribution is -2.37. The van der Waals surface area contributed by atoms with Gasteiger partial charge >= 0.3 is 0 Å². The van der Waals surface area contributed by atoms with Crippen LogP contribution in [0.4, 0.5) is 0 Å². The molecule has 1 aliphatic heterocycles. The van der Waals surface area contributed by atoms with Crippen LogP contribution in [0.15, 0.2) is 4.99 Å². The van der Waals surface area contributed by atoms with Crippen LogP contribution < -0.4 is 5.32 Å². The molecule has 0 amide bonds. The van der Waals surface area contributed by atoms with E-state index in [0.29, 0.717) is 11.5 Å². The molecule has 0 saturated carbocycles. The van der Waals surface area contributed by atoms with E-state index < -0.39 is 0 Å². The molecule has 1 atom stereocenters. The number of nitrogens with one attached hydrogen (secondary N) is 1. The van der Waals surface area contributed by atoms with Gasteiger partial charge in [0, 0.05) is 18.3 Å². The van der Waals surface area contributed by atoms with Crippen LogP contribution in [-0.4, -0.2) is 23.5 Å². The van der Waals surface area contributed by atoms with Gasteiger partial charge in [-0.3, -0.25) is 4.99 Å². The fourth-order valence-electron chi connectivity index (χ4n) is 2.20. The summed E-state index contributed by atoms with van der Waals surface area (Å²) in [5, 5.41) is 4.73. The molecule has 3 heteroatoms. The second kappa shape index (κ2) is 8.08. The Morgan fingerprint density at radius 1 is 1.33 bits per heavy atom. The lowest BCUT2D eigenvalue weighted by molar-refractivity contribution is 0.333. The monoisotopic (exact) mass is 270 g/mol. The standard InChI is InChI=1S/C15H30N2S/c1-5-7-8-10-15(3,4)12-16-14-17-13(6-2)9-11-18-14/h13H,5-12H2,1-4H3,(H,16,17). The lowest BCUT2D eigenvalue weighted by Gasteiger charge is -2.27. The first-order valence-corrected chi connectivity index (χ1v) is 8.49. The predicted octanol–water partition coefficient (Wildman–Crippen LogP) is 4.45. The van der Waals surface area contributed by atoms with Crippen molar-refractivity contribution in [2.24, 2.45) is 10.4 Å². The molecule has 1 fully saturated rings. The number of aliphatic imine (C=N–C) groups is 1. The highest BCUT2D eigenvalue weighted by Gasteiger charge is 2.19. The average molecular weight is 270 g/mol. The summed E-state index contributed by atoms with van der Waals surface area (Å²) in [5.41, 5.74) is 0.351. The summed E-state index contributed by atoms with van der Waals surface area (Å²) < 4.78 is 0. The van der Waals surface area contributed by atoms with Gasteiger partial charge in [0.25, 0.3) is 0 Å². The summed E-state index contributed by atoms with van der Waals surface area (Å²) in [7, 11) is 0. The third-order valence-electron chi connectivity index (χ3n) is 3.63. The number of rotatable bonds is 7. The Labute approximate surface area is 117 Å². The molecule has 1 rings (SSSR count). The van der Waals surface area contributed by atoms with E-state index in [-0.39, 0.29) is 0 Å². The third kappa shape index (κ3) is 6.12. The number of amidine groups is 1.